The van der Waals surface area contributed by atoms with Crippen molar-refractivity contribution in [2.75, 3.05) is 11.5 Å². The van der Waals surface area contributed by atoms with E-state index in [0.717, 1.165) is 39.8 Å². The highest BCUT2D eigenvalue weighted by Gasteiger charge is 2.24. The molecule has 0 amide bonds. The van der Waals surface area contributed by atoms with Crippen molar-refractivity contribution in [3.05, 3.63) is 75.6 Å². The van der Waals surface area contributed by atoms with Crippen molar-refractivity contribution in [2.24, 2.45) is 0 Å². The molecular weight excluding hydrogens is 392 g/mol. The molecule has 1 aromatic heterocycles. The highest BCUT2D eigenvalue weighted by Crippen LogP contribution is 2.42. The monoisotopic (exact) mass is 409 g/mol. The van der Waals surface area contributed by atoms with Crippen LogP contribution < -0.4 is 11.2 Å². The second-order valence-corrected chi connectivity index (χ2v) is 8.44. The number of halogens is 2. The number of nitrogen functional groups attached to an aromatic ring is 1. The van der Waals surface area contributed by atoms with Gasteiger partial charge in [-0.05, 0) is 52.3 Å². The lowest BCUT2D eigenvalue weighted by Gasteiger charge is -2.14. The zero-order chi connectivity index (χ0) is 20.3. The van der Waals surface area contributed by atoms with Crippen molar-refractivity contribution < 1.29 is 13.2 Å². The molecule has 0 unspecified atom stereocenters. The Hall–Kier alpha value is -2.86. The maximum absolute atomic E-state index is 14.7. The van der Waals surface area contributed by atoms with Gasteiger partial charge in [0.05, 0.1) is 17.3 Å². The predicted molar refractivity (Wildman–Crippen MR) is 114 cm³/mol. The van der Waals surface area contributed by atoms with Gasteiger partial charge in [-0.3, -0.25) is 4.79 Å². The van der Waals surface area contributed by atoms with E-state index in [-0.39, 0.29) is 22.6 Å². The summed E-state index contributed by atoms with van der Waals surface area (Å²) in [5, 5.41) is 2.22. The van der Waals surface area contributed by atoms with E-state index in [0.29, 0.717) is 22.3 Å². The minimum absolute atomic E-state index is 0.101. The van der Waals surface area contributed by atoms with Crippen LogP contribution in [0.25, 0.3) is 32.9 Å². The molecule has 0 saturated heterocycles. The van der Waals surface area contributed by atoms with Crippen LogP contribution in [0.2, 0.25) is 0 Å². The Kier molecular flexibility index (Phi) is 4.13. The predicted octanol–water partition coefficient (Wildman–Crippen LogP) is 5.82. The second kappa shape index (κ2) is 6.59. The Morgan fingerprint density at radius 3 is 2.72 bits per heavy atom. The van der Waals surface area contributed by atoms with Crippen LogP contribution in [0, 0.1) is 11.6 Å². The lowest BCUT2D eigenvalue weighted by Crippen LogP contribution is -2.00. The van der Waals surface area contributed by atoms with Gasteiger partial charge in [0.15, 0.2) is 5.43 Å². The molecule has 2 heterocycles. The fourth-order valence-electron chi connectivity index (χ4n) is 4.16. The Labute approximate surface area is 169 Å². The minimum atomic E-state index is -0.655. The summed E-state index contributed by atoms with van der Waals surface area (Å²) < 4.78 is 34.6. The van der Waals surface area contributed by atoms with E-state index < -0.39 is 11.6 Å². The van der Waals surface area contributed by atoms with Gasteiger partial charge < -0.3 is 10.2 Å². The second-order valence-electron chi connectivity index (χ2n) is 7.41. The van der Waals surface area contributed by atoms with Gasteiger partial charge in [0.1, 0.15) is 17.2 Å². The van der Waals surface area contributed by atoms with Crippen molar-refractivity contribution in [1.82, 2.24) is 0 Å². The van der Waals surface area contributed by atoms with E-state index in [9.17, 15) is 13.6 Å². The Morgan fingerprint density at radius 1 is 1.07 bits per heavy atom. The van der Waals surface area contributed by atoms with Crippen molar-refractivity contribution in [3.8, 4) is 11.1 Å². The van der Waals surface area contributed by atoms with Crippen LogP contribution in [-0.4, -0.2) is 5.75 Å². The third kappa shape index (κ3) is 2.74. The summed E-state index contributed by atoms with van der Waals surface area (Å²) in [6, 6.07) is 9.11. The summed E-state index contributed by atoms with van der Waals surface area (Å²) in [4.78, 5) is 12.8. The first-order chi connectivity index (χ1) is 14.0. The fraction of sp³-hybridized carbons (Fsp3) is 0.174. The summed E-state index contributed by atoms with van der Waals surface area (Å²) in [7, 11) is 0. The highest BCUT2D eigenvalue weighted by molar-refractivity contribution is 7.98. The number of rotatable bonds is 1. The molecule has 3 nitrogen and oxygen atoms in total. The number of hydrogen-bond donors (Lipinski definition) is 1. The van der Waals surface area contributed by atoms with E-state index in [4.69, 9.17) is 10.2 Å². The van der Waals surface area contributed by atoms with E-state index in [1.165, 1.54) is 6.26 Å². The number of thioether (sulfide) groups is 1. The molecule has 29 heavy (non-hydrogen) atoms. The number of fused-ring (bicyclic) bond motifs is 2. The molecule has 0 fully saturated rings. The summed E-state index contributed by atoms with van der Waals surface area (Å²) in [6.07, 6.45) is 1.51. The van der Waals surface area contributed by atoms with Gasteiger partial charge in [0, 0.05) is 28.5 Å². The molecule has 1 atom stereocenters. The molecule has 0 aliphatic carbocycles. The summed E-state index contributed by atoms with van der Waals surface area (Å²) in [5.41, 5.74) is 8.29. The Bertz CT molecular complexity index is 1360. The van der Waals surface area contributed by atoms with Gasteiger partial charge in [0.25, 0.3) is 0 Å². The van der Waals surface area contributed by atoms with Crippen LogP contribution >= 0.6 is 11.8 Å². The number of anilines is 1. The maximum Gasteiger partial charge on any atom is 0.190 e. The maximum atomic E-state index is 14.7. The summed E-state index contributed by atoms with van der Waals surface area (Å²) >= 11 is 1.71. The van der Waals surface area contributed by atoms with Crippen molar-refractivity contribution in [1.29, 1.82) is 0 Å². The van der Waals surface area contributed by atoms with E-state index >= 15 is 0 Å². The van der Waals surface area contributed by atoms with Gasteiger partial charge in [-0.25, -0.2) is 8.78 Å². The molecule has 6 heteroatoms. The average molecular weight is 409 g/mol. The van der Waals surface area contributed by atoms with Crippen LogP contribution in [0.5, 0.6) is 0 Å². The largest absolute Gasteiger partial charge is 0.464 e. The Balaban J connectivity index is 1.98. The lowest BCUT2D eigenvalue weighted by atomic mass is 9.90. The van der Waals surface area contributed by atoms with E-state index in [1.54, 1.807) is 30.0 Å². The molecule has 1 aliphatic heterocycles. The average Bonchev–Trinajstić information content (AvgIpc) is 3.07. The molecule has 2 N–H and O–H groups in total. The molecule has 0 spiro atoms. The zero-order valence-electron chi connectivity index (χ0n) is 15.6. The Morgan fingerprint density at radius 2 is 1.90 bits per heavy atom. The van der Waals surface area contributed by atoms with Crippen LogP contribution in [0.4, 0.5) is 14.5 Å². The van der Waals surface area contributed by atoms with Crippen molar-refractivity contribution in [2.45, 2.75) is 18.6 Å². The smallest absolute Gasteiger partial charge is 0.190 e. The normalized spacial score (nSPS) is 16.3. The first kappa shape index (κ1) is 18.2. The topological polar surface area (TPSA) is 56.2 Å². The van der Waals surface area contributed by atoms with Crippen LogP contribution in [-0.2, 0) is 5.75 Å². The van der Waals surface area contributed by atoms with Gasteiger partial charge >= 0.3 is 0 Å². The van der Waals surface area contributed by atoms with Gasteiger partial charge in [-0.1, -0.05) is 13.0 Å². The van der Waals surface area contributed by atoms with Crippen LogP contribution in [0.1, 0.15) is 24.0 Å². The molecule has 1 aliphatic rings. The summed E-state index contributed by atoms with van der Waals surface area (Å²) in [6.45, 7) is 2.08. The number of nitrogens with two attached hydrogens (primary N) is 1. The molecule has 0 bridgehead atoms. The molecule has 3 aromatic carbocycles. The molecule has 5 rings (SSSR count). The first-order valence-corrected chi connectivity index (χ1v) is 10.4. The minimum Gasteiger partial charge on any atom is -0.464 e. The van der Waals surface area contributed by atoms with Crippen LogP contribution in [0.3, 0.4) is 0 Å². The zero-order valence-corrected chi connectivity index (χ0v) is 16.4. The van der Waals surface area contributed by atoms with E-state index in [1.807, 2.05) is 6.07 Å². The standard InChI is InChI=1S/C23H17F2NO2S/c1-11-9-29-10-17-12(16-6-19(25)20(26)8-18(16)24)2-3-14-22(17)15(11)7-21(27)13-4-5-28-23(13)14/h2-8,11H,9-10,26H2,1H3/t11-/m0/s1. The summed E-state index contributed by atoms with van der Waals surface area (Å²) in [5.74, 6) is 0.354. The van der Waals surface area contributed by atoms with Gasteiger partial charge in [-0.2, -0.15) is 11.8 Å². The van der Waals surface area contributed by atoms with Crippen molar-refractivity contribution in [3.63, 3.8) is 0 Å². The van der Waals surface area contributed by atoms with E-state index in [2.05, 4.69) is 6.92 Å². The molecule has 146 valence electrons. The SMILES string of the molecule is C[C@H]1CSCc2c(-c3cc(F)c(N)cc3F)ccc3c2c1cc(=O)c1ccoc13. The lowest BCUT2D eigenvalue weighted by molar-refractivity contribution is 0.607. The fourth-order valence-corrected chi connectivity index (χ4v) is 5.31. The third-order valence-electron chi connectivity index (χ3n) is 5.59. The van der Waals surface area contributed by atoms with Gasteiger partial charge in [0.2, 0.25) is 0 Å². The molecular formula is C23H17F2NO2S. The quantitative estimate of drug-likeness (QED) is 0.402. The highest BCUT2D eigenvalue weighted by atomic mass is 32.2. The number of benzene rings is 2. The molecule has 0 saturated carbocycles. The van der Waals surface area contributed by atoms with Crippen molar-refractivity contribution >= 4 is 39.2 Å². The number of furan rings is 1. The molecule has 4 aromatic rings. The molecule has 0 radical (unpaired) electrons. The van der Waals surface area contributed by atoms with Gasteiger partial charge in [-0.15, -0.1) is 0 Å². The number of hydrogen-bond acceptors (Lipinski definition) is 4. The first-order valence-electron chi connectivity index (χ1n) is 9.28. The third-order valence-corrected chi connectivity index (χ3v) is 6.81. The van der Waals surface area contributed by atoms with Crippen LogP contribution in [0.15, 0.2) is 51.9 Å².